The molecule has 158 valence electrons. The van der Waals surface area contributed by atoms with Crippen molar-refractivity contribution in [3.8, 4) is 0 Å². The highest BCUT2D eigenvalue weighted by Crippen LogP contribution is 2.31. The SMILES string of the molecule is CCc1cccc2sc(N3CCN(CCNC(=O)c4ccc(C)cc4C)CC3)nc12. The second kappa shape index (κ2) is 9.14. The van der Waals surface area contributed by atoms with Gasteiger partial charge in [-0.2, -0.15) is 0 Å². The summed E-state index contributed by atoms with van der Waals surface area (Å²) in [6.07, 6.45) is 1.02. The monoisotopic (exact) mass is 422 g/mol. The number of para-hydroxylation sites is 1. The number of nitrogens with zero attached hydrogens (tertiary/aromatic N) is 3. The Labute approximate surface area is 182 Å². The molecule has 4 rings (SSSR count). The maximum atomic E-state index is 12.4. The van der Waals surface area contributed by atoms with Crippen LogP contribution in [0.4, 0.5) is 5.13 Å². The molecule has 1 fully saturated rings. The Balaban J connectivity index is 1.27. The molecule has 1 saturated heterocycles. The molecule has 2 heterocycles. The molecule has 0 aliphatic carbocycles. The number of hydrogen-bond donors (Lipinski definition) is 1. The van der Waals surface area contributed by atoms with E-state index in [0.717, 1.165) is 60.9 Å². The number of benzene rings is 2. The van der Waals surface area contributed by atoms with Crippen LogP contribution in [-0.4, -0.2) is 55.1 Å². The van der Waals surface area contributed by atoms with Gasteiger partial charge in [0.15, 0.2) is 5.13 Å². The molecule has 2 aromatic carbocycles. The zero-order chi connectivity index (χ0) is 21.1. The smallest absolute Gasteiger partial charge is 0.251 e. The molecular formula is C24H30N4OS. The van der Waals surface area contributed by atoms with E-state index in [-0.39, 0.29) is 5.91 Å². The molecular weight excluding hydrogens is 392 g/mol. The standard InChI is InChI=1S/C24H30N4OS/c1-4-19-6-5-7-21-22(19)26-24(30-21)28-14-12-27(13-15-28)11-10-25-23(29)20-9-8-17(2)16-18(20)3/h5-9,16H,4,10-15H2,1-3H3,(H,25,29). The number of anilines is 1. The fourth-order valence-electron chi connectivity index (χ4n) is 4.07. The minimum atomic E-state index is 0.0207. The number of aromatic nitrogens is 1. The summed E-state index contributed by atoms with van der Waals surface area (Å²) < 4.78 is 1.28. The molecule has 1 aliphatic rings. The minimum absolute atomic E-state index is 0.0207. The van der Waals surface area contributed by atoms with Crippen LogP contribution in [0.1, 0.15) is 34.0 Å². The third-order valence-corrected chi connectivity index (χ3v) is 6.94. The molecule has 6 heteroatoms. The van der Waals surface area contributed by atoms with E-state index in [1.165, 1.54) is 15.8 Å². The molecule has 0 bridgehead atoms. The number of amides is 1. The van der Waals surface area contributed by atoms with Crippen molar-refractivity contribution in [3.63, 3.8) is 0 Å². The maximum absolute atomic E-state index is 12.4. The molecule has 0 spiro atoms. The third-order valence-electron chi connectivity index (χ3n) is 5.86. The molecule has 3 aromatic rings. The number of hydrogen-bond acceptors (Lipinski definition) is 5. The topological polar surface area (TPSA) is 48.5 Å². The van der Waals surface area contributed by atoms with E-state index < -0.39 is 0 Å². The summed E-state index contributed by atoms with van der Waals surface area (Å²) in [7, 11) is 0. The van der Waals surface area contributed by atoms with Gasteiger partial charge in [-0.05, 0) is 43.5 Å². The van der Waals surface area contributed by atoms with Gasteiger partial charge >= 0.3 is 0 Å². The van der Waals surface area contributed by atoms with Crippen LogP contribution in [0.25, 0.3) is 10.2 Å². The molecule has 30 heavy (non-hydrogen) atoms. The van der Waals surface area contributed by atoms with Crippen molar-refractivity contribution in [2.75, 3.05) is 44.2 Å². The summed E-state index contributed by atoms with van der Waals surface area (Å²) >= 11 is 1.80. The summed E-state index contributed by atoms with van der Waals surface area (Å²) in [6.45, 7) is 11.7. The lowest BCUT2D eigenvalue weighted by atomic mass is 10.1. The fourth-order valence-corrected chi connectivity index (χ4v) is 5.13. The summed E-state index contributed by atoms with van der Waals surface area (Å²) in [5.74, 6) is 0.0207. The van der Waals surface area contributed by atoms with Crippen molar-refractivity contribution in [2.24, 2.45) is 0 Å². The zero-order valence-electron chi connectivity index (χ0n) is 18.1. The van der Waals surface area contributed by atoms with E-state index in [0.29, 0.717) is 6.54 Å². The second-order valence-corrected chi connectivity index (χ2v) is 9.03. The van der Waals surface area contributed by atoms with E-state index in [1.807, 2.05) is 26.0 Å². The van der Waals surface area contributed by atoms with Crippen LogP contribution in [0.5, 0.6) is 0 Å². The molecule has 0 atom stereocenters. The van der Waals surface area contributed by atoms with Crippen molar-refractivity contribution in [1.82, 2.24) is 15.2 Å². The lowest BCUT2D eigenvalue weighted by molar-refractivity contribution is 0.0947. The van der Waals surface area contributed by atoms with Crippen LogP contribution in [0.3, 0.4) is 0 Å². The number of carbonyl (C=O) groups is 1. The number of aryl methyl sites for hydroxylation is 3. The van der Waals surface area contributed by atoms with Crippen LogP contribution in [0.2, 0.25) is 0 Å². The number of fused-ring (bicyclic) bond motifs is 1. The molecule has 0 saturated carbocycles. The van der Waals surface area contributed by atoms with Gasteiger partial charge in [0, 0.05) is 44.8 Å². The van der Waals surface area contributed by atoms with Gasteiger partial charge in [0.25, 0.3) is 5.91 Å². The lowest BCUT2D eigenvalue weighted by Gasteiger charge is -2.34. The number of rotatable bonds is 6. The fraction of sp³-hybridized carbons (Fsp3) is 0.417. The van der Waals surface area contributed by atoms with Crippen LogP contribution < -0.4 is 10.2 Å². The van der Waals surface area contributed by atoms with Crippen LogP contribution in [-0.2, 0) is 6.42 Å². The van der Waals surface area contributed by atoms with Crippen molar-refractivity contribution in [2.45, 2.75) is 27.2 Å². The highest BCUT2D eigenvalue weighted by atomic mass is 32.1. The largest absolute Gasteiger partial charge is 0.351 e. The summed E-state index contributed by atoms with van der Waals surface area (Å²) in [5.41, 5.74) is 5.47. The number of carbonyl (C=O) groups excluding carboxylic acids is 1. The highest BCUT2D eigenvalue weighted by molar-refractivity contribution is 7.22. The molecule has 1 N–H and O–H groups in total. The first-order chi connectivity index (χ1) is 14.5. The number of nitrogens with one attached hydrogen (secondary N) is 1. The van der Waals surface area contributed by atoms with Gasteiger partial charge in [0.05, 0.1) is 10.2 Å². The molecule has 1 aromatic heterocycles. The van der Waals surface area contributed by atoms with Crippen molar-refractivity contribution < 1.29 is 4.79 Å². The van der Waals surface area contributed by atoms with Gasteiger partial charge in [-0.1, -0.05) is 48.1 Å². The Bertz CT molecular complexity index is 1040. The van der Waals surface area contributed by atoms with Gasteiger partial charge in [-0.3, -0.25) is 9.69 Å². The molecule has 1 amide bonds. The van der Waals surface area contributed by atoms with Gasteiger partial charge in [0.2, 0.25) is 0 Å². The average Bonchev–Trinajstić information content (AvgIpc) is 3.18. The Kier molecular flexibility index (Phi) is 6.35. The molecule has 5 nitrogen and oxygen atoms in total. The number of piperazine rings is 1. The van der Waals surface area contributed by atoms with E-state index in [9.17, 15) is 4.79 Å². The average molecular weight is 423 g/mol. The van der Waals surface area contributed by atoms with Crippen molar-refractivity contribution in [1.29, 1.82) is 0 Å². The first-order valence-electron chi connectivity index (χ1n) is 10.8. The van der Waals surface area contributed by atoms with Crippen molar-refractivity contribution in [3.05, 3.63) is 58.7 Å². The molecule has 0 unspecified atom stereocenters. The maximum Gasteiger partial charge on any atom is 0.251 e. The van der Waals surface area contributed by atoms with E-state index in [4.69, 9.17) is 4.98 Å². The van der Waals surface area contributed by atoms with Gasteiger partial charge in [-0.25, -0.2) is 4.98 Å². The van der Waals surface area contributed by atoms with E-state index in [1.54, 1.807) is 11.3 Å². The third kappa shape index (κ3) is 4.50. The van der Waals surface area contributed by atoms with Gasteiger partial charge in [-0.15, -0.1) is 0 Å². The van der Waals surface area contributed by atoms with E-state index >= 15 is 0 Å². The van der Waals surface area contributed by atoms with E-state index in [2.05, 4.69) is 46.3 Å². The summed E-state index contributed by atoms with van der Waals surface area (Å²) in [6, 6.07) is 12.4. The van der Waals surface area contributed by atoms with Crippen molar-refractivity contribution >= 4 is 32.6 Å². The Morgan fingerprint density at radius 2 is 1.93 bits per heavy atom. The van der Waals surface area contributed by atoms with Crippen LogP contribution >= 0.6 is 11.3 Å². The summed E-state index contributed by atoms with van der Waals surface area (Å²) in [4.78, 5) is 22.2. The Hall–Kier alpha value is -2.44. The quantitative estimate of drug-likeness (QED) is 0.652. The second-order valence-electron chi connectivity index (χ2n) is 8.02. The normalized spacial score (nSPS) is 15.0. The van der Waals surface area contributed by atoms with Crippen LogP contribution in [0, 0.1) is 13.8 Å². The Morgan fingerprint density at radius 1 is 1.13 bits per heavy atom. The molecule has 1 aliphatic heterocycles. The first-order valence-corrected chi connectivity index (χ1v) is 11.6. The predicted molar refractivity (Wildman–Crippen MR) is 126 cm³/mol. The highest BCUT2D eigenvalue weighted by Gasteiger charge is 2.20. The predicted octanol–water partition coefficient (Wildman–Crippen LogP) is 4.03. The first kappa shape index (κ1) is 20.8. The zero-order valence-corrected chi connectivity index (χ0v) is 18.9. The minimum Gasteiger partial charge on any atom is -0.351 e. The van der Waals surface area contributed by atoms with Gasteiger partial charge < -0.3 is 10.2 Å². The lowest BCUT2D eigenvalue weighted by Crippen LogP contribution is -2.48. The number of thiazole rings is 1. The summed E-state index contributed by atoms with van der Waals surface area (Å²) in [5, 5.41) is 4.21. The van der Waals surface area contributed by atoms with Crippen LogP contribution in [0.15, 0.2) is 36.4 Å². The Morgan fingerprint density at radius 3 is 2.67 bits per heavy atom. The molecule has 0 radical (unpaired) electrons. The van der Waals surface area contributed by atoms with Gasteiger partial charge in [0.1, 0.15) is 0 Å².